The van der Waals surface area contributed by atoms with Gasteiger partial charge in [0.1, 0.15) is 0 Å². The number of nitrogens with zero attached hydrogens (tertiary/aromatic N) is 3. The lowest BCUT2D eigenvalue weighted by Gasteiger charge is -2.12. The van der Waals surface area contributed by atoms with Gasteiger partial charge in [0, 0.05) is 29.5 Å². The molecule has 0 bridgehead atoms. The van der Waals surface area contributed by atoms with E-state index in [1.807, 2.05) is 12.1 Å². The molecule has 0 spiro atoms. The average Bonchev–Trinajstić information content (AvgIpc) is 3.64. The summed E-state index contributed by atoms with van der Waals surface area (Å²) in [5.41, 5.74) is 2.90. The third kappa shape index (κ3) is 3.13. The van der Waals surface area contributed by atoms with Crippen molar-refractivity contribution in [3.63, 3.8) is 0 Å². The molecule has 0 unspecified atom stereocenters. The molecule has 1 aromatic heterocycles. The van der Waals surface area contributed by atoms with E-state index < -0.39 is 0 Å². The second-order valence-corrected chi connectivity index (χ2v) is 7.63. The van der Waals surface area contributed by atoms with E-state index >= 15 is 0 Å². The highest BCUT2D eigenvalue weighted by molar-refractivity contribution is 5.54. The summed E-state index contributed by atoms with van der Waals surface area (Å²) in [5.74, 6) is 1.95. The summed E-state index contributed by atoms with van der Waals surface area (Å²) >= 11 is 0. The Hall–Kier alpha value is -2.97. The highest BCUT2D eigenvalue weighted by Gasteiger charge is 2.50. The first-order valence-electron chi connectivity index (χ1n) is 9.40. The summed E-state index contributed by atoms with van der Waals surface area (Å²) < 4.78 is 5.49. The van der Waals surface area contributed by atoms with Crippen LogP contribution in [0.3, 0.4) is 0 Å². The number of aromatic nitrogens is 2. The molecule has 2 atom stereocenters. The Kier molecular flexibility index (Phi) is 3.80. The smallest absolute Gasteiger partial charge is 0.257 e. The summed E-state index contributed by atoms with van der Waals surface area (Å²) in [7, 11) is 0. The van der Waals surface area contributed by atoms with Crippen molar-refractivity contribution >= 4 is 0 Å². The first-order chi connectivity index (χ1) is 13.3. The maximum atomic E-state index is 8.91. The van der Waals surface area contributed by atoms with Gasteiger partial charge in [-0.3, -0.25) is 0 Å². The van der Waals surface area contributed by atoms with Crippen molar-refractivity contribution in [2.75, 3.05) is 6.54 Å². The number of benzene rings is 2. The van der Waals surface area contributed by atoms with Crippen LogP contribution >= 0.6 is 0 Å². The predicted octanol–water partition coefficient (Wildman–Crippen LogP) is 3.79. The van der Waals surface area contributed by atoms with Crippen LogP contribution in [-0.4, -0.2) is 22.7 Å². The van der Waals surface area contributed by atoms with Crippen LogP contribution in [0.4, 0.5) is 0 Å². The van der Waals surface area contributed by atoms with Crippen molar-refractivity contribution in [2.24, 2.45) is 0 Å². The number of nitrogens with one attached hydrogen (secondary N) is 1. The summed E-state index contributed by atoms with van der Waals surface area (Å²) in [5, 5.41) is 16.9. The minimum atomic E-state index is 0.0121. The SMILES string of the molecule is N#Cc1ccc(-c2nc(C3(CN[C@H]4C[C@@H]4c4ccccc4)CC3)no2)cc1. The largest absolute Gasteiger partial charge is 0.334 e. The lowest BCUT2D eigenvalue weighted by molar-refractivity contribution is 0.409. The molecule has 2 aromatic carbocycles. The topological polar surface area (TPSA) is 74.7 Å². The summed E-state index contributed by atoms with van der Waals surface area (Å²) in [4.78, 5) is 4.65. The van der Waals surface area contributed by atoms with E-state index in [1.165, 1.54) is 12.0 Å². The Labute approximate surface area is 158 Å². The molecule has 0 aliphatic heterocycles. The monoisotopic (exact) mass is 356 g/mol. The first kappa shape index (κ1) is 16.2. The molecule has 0 amide bonds. The van der Waals surface area contributed by atoms with Gasteiger partial charge < -0.3 is 9.84 Å². The van der Waals surface area contributed by atoms with Gasteiger partial charge >= 0.3 is 0 Å². The van der Waals surface area contributed by atoms with Gasteiger partial charge in [0.05, 0.1) is 11.6 Å². The Morgan fingerprint density at radius 3 is 2.59 bits per heavy atom. The Morgan fingerprint density at radius 1 is 1.11 bits per heavy atom. The Bertz CT molecular complexity index is 983. The van der Waals surface area contributed by atoms with Crippen LogP contribution in [0.25, 0.3) is 11.5 Å². The van der Waals surface area contributed by atoms with Gasteiger partial charge in [-0.2, -0.15) is 10.2 Å². The van der Waals surface area contributed by atoms with E-state index in [9.17, 15) is 0 Å². The van der Waals surface area contributed by atoms with E-state index in [1.54, 1.807) is 12.1 Å². The molecular formula is C22H20N4O. The number of hydrogen-bond acceptors (Lipinski definition) is 5. The molecule has 134 valence electrons. The van der Waals surface area contributed by atoms with Crippen LogP contribution in [0.2, 0.25) is 0 Å². The molecule has 2 aliphatic rings. The normalized spacial score (nSPS) is 22.2. The predicted molar refractivity (Wildman–Crippen MR) is 101 cm³/mol. The van der Waals surface area contributed by atoms with Crippen molar-refractivity contribution in [3.8, 4) is 17.5 Å². The molecule has 5 rings (SSSR count). The third-order valence-electron chi connectivity index (χ3n) is 5.74. The van der Waals surface area contributed by atoms with Crippen molar-refractivity contribution in [1.82, 2.24) is 15.5 Å². The molecular weight excluding hydrogens is 336 g/mol. The highest BCUT2D eigenvalue weighted by Crippen LogP contribution is 2.48. The molecule has 2 aliphatic carbocycles. The fourth-order valence-electron chi connectivity index (χ4n) is 3.69. The molecule has 5 nitrogen and oxygen atoms in total. The minimum Gasteiger partial charge on any atom is -0.334 e. The van der Waals surface area contributed by atoms with E-state index in [-0.39, 0.29) is 5.41 Å². The maximum Gasteiger partial charge on any atom is 0.257 e. The molecule has 0 saturated heterocycles. The van der Waals surface area contributed by atoms with Crippen LogP contribution in [-0.2, 0) is 5.41 Å². The second kappa shape index (κ2) is 6.33. The van der Waals surface area contributed by atoms with Crippen LogP contribution in [0, 0.1) is 11.3 Å². The fourth-order valence-corrected chi connectivity index (χ4v) is 3.69. The third-order valence-corrected chi connectivity index (χ3v) is 5.74. The van der Waals surface area contributed by atoms with Crippen molar-refractivity contribution < 1.29 is 4.52 Å². The van der Waals surface area contributed by atoms with Crippen LogP contribution < -0.4 is 5.32 Å². The quantitative estimate of drug-likeness (QED) is 0.727. The molecule has 3 aromatic rings. The highest BCUT2D eigenvalue weighted by atomic mass is 16.5. The zero-order valence-electron chi connectivity index (χ0n) is 14.9. The van der Waals surface area contributed by atoms with E-state index in [4.69, 9.17) is 9.78 Å². The van der Waals surface area contributed by atoms with Crippen LogP contribution in [0.1, 0.15) is 42.1 Å². The first-order valence-corrected chi connectivity index (χ1v) is 9.40. The maximum absolute atomic E-state index is 8.91. The van der Waals surface area contributed by atoms with Gasteiger partial charge in [0.25, 0.3) is 5.89 Å². The second-order valence-electron chi connectivity index (χ2n) is 7.63. The van der Waals surface area contributed by atoms with Crippen LogP contribution in [0.15, 0.2) is 59.1 Å². The van der Waals surface area contributed by atoms with Crippen molar-refractivity contribution in [3.05, 3.63) is 71.5 Å². The lowest BCUT2D eigenvalue weighted by Crippen LogP contribution is -2.30. The van der Waals surface area contributed by atoms with Gasteiger partial charge in [-0.25, -0.2) is 0 Å². The van der Waals surface area contributed by atoms with E-state index in [0.717, 1.165) is 30.8 Å². The van der Waals surface area contributed by atoms with Crippen molar-refractivity contribution in [1.29, 1.82) is 5.26 Å². The molecule has 2 fully saturated rings. The van der Waals surface area contributed by atoms with E-state index in [0.29, 0.717) is 23.4 Å². The zero-order chi connectivity index (χ0) is 18.3. The van der Waals surface area contributed by atoms with Gasteiger partial charge in [0.15, 0.2) is 5.82 Å². The van der Waals surface area contributed by atoms with Gasteiger partial charge in [-0.15, -0.1) is 0 Å². The van der Waals surface area contributed by atoms with Gasteiger partial charge in [-0.05, 0) is 49.1 Å². The summed E-state index contributed by atoms with van der Waals surface area (Å²) in [6, 6.07) is 20.6. The number of nitriles is 1. The molecule has 27 heavy (non-hydrogen) atoms. The van der Waals surface area contributed by atoms with E-state index in [2.05, 4.69) is 51.9 Å². The van der Waals surface area contributed by atoms with Gasteiger partial charge in [0.2, 0.25) is 0 Å². The number of hydrogen-bond donors (Lipinski definition) is 1. The minimum absolute atomic E-state index is 0.0121. The molecule has 1 heterocycles. The average molecular weight is 356 g/mol. The Morgan fingerprint density at radius 2 is 1.89 bits per heavy atom. The zero-order valence-corrected chi connectivity index (χ0v) is 14.9. The van der Waals surface area contributed by atoms with Crippen molar-refractivity contribution in [2.45, 2.75) is 36.6 Å². The number of rotatable bonds is 6. The molecule has 1 N–H and O–H groups in total. The summed E-state index contributed by atoms with van der Waals surface area (Å²) in [6.45, 7) is 0.896. The lowest BCUT2D eigenvalue weighted by atomic mass is 10.1. The Balaban J connectivity index is 1.24. The molecule has 0 radical (unpaired) electrons. The van der Waals surface area contributed by atoms with Crippen LogP contribution in [0.5, 0.6) is 0 Å². The molecule has 5 heteroatoms. The summed E-state index contributed by atoms with van der Waals surface area (Å²) in [6.07, 6.45) is 3.38. The fraction of sp³-hybridized carbons (Fsp3) is 0.318. The standard InChI is InChI=1S/C22H20N4O/c23-13-15-6-8-17(9-7-15)20-25-21(26-27-20)22(10-11-22)14-24-19-12-18(19)16-4-2-1-3-5-16/h1-9,18-19,24H,10-12,14H2/t18-,19+/m1/s1. The molecule has 2 saturated carbocycles. The van der Waals surface area contributed by atoms with Gasteiger partial charge in [-0.1, -0.05) is 35.5 Å².